The predicted octanol–water partition coefficient (Wildman–Crippen LogP) is 10.1. The van der Waals surface area contributed by atoms with Crippen molar-refractivity contribution in [2.45, 2.75) is 0 Å². The Morgan fingerprint density at radius 1 is 0.526 bits per heavy atom. The number of rotatable bonds is 3. The molecule has 0 radical (unpaired) electrons. The van der Waals surface area contributed by atoms with Crippen LogP contribution in [0, 0.1) is 0 Å². The number of anilines is 2. The zero-order valence-corrected chi connectivity index (χ0v) is 21.7. The molecule has 6 aromatic carbocycles. The lowest BCUT2D eigenvalue weighted by molar-refractivity contribution is 1.18. The van der Waals surface area contributed by atoms with Crippen molar-refractivity contribution in [2.75, 3.05) is 11.9 Å². The fourth-order valence-electron chi connectivity index (χ4n) is 5.89. The van der Waals surface area contributed by atoms with Crippen molar-refractivity contribution in [3.8, 4) is 5.69 Å². The maximum atomic E-state index is 2.42. The lowest BCUT2D eigenvalue weighted by Gasteiger charge is -2.20. The molecule has 38 heavy (non-hydrogen) atoms. The van der Waals surface area contributed by atoms with Gasteiger partial charge in [0.15, 0.2) is 0 Å². The van der Waals surface area contributed by atoms with Crippen LogP contribution in [0.4, 0.5) is 11.4 Å². The van der Waals surface area contributed by atoms with Crippen LogP contribution < -0.4 is 4.90 Å². The summed E-state index contributed by atoms with van der Waals surface area (Å²) in [6.45, 7) is 0. The van der Waals surface area contributed by atoms with Crippen LogP contribution in [0.3, 0.4) is 0 Å². The van der Waals surface area contributed by atoms with Gasteiger partial charge in [-0.3, -0.25) is 0 Å². The van der Waals surface area contributed by atoms with Gasteiger partial charge in [-0.05, 0) is 53.9 Å². The second kappa shape index (κ2) is 8.20. The van der Waals surface area contributed by atoms with E-state index >= 15 is 0 Å². The molecule has 0 aliphatic carbocycles. The van der Waals surface area contributed by atoms with Gasteiger partial charge >= 0.3 is 0 Å². The van der Waals surface area contributed by atoms with Gasteiger partial charge < -0.3 is 9.47 Å². The van der Waals surface area contributed by atoms with Crippen molar-refractivity contribution < 1.29 is 0 Å². The van der Waals surface area contributed by atoms with E-state index in [1.165, 1.54) is 69.8 Å². The number of benzene rings is 6. The van der Waals surface area contributed by atoms with Crippen LogP contribution >= 0.6 is 11.3 Å². The predicted molar refractivity (Wildman–Crippen MR) is 166 cm³/mol. The first-order valence-corrected chi connectivity index (χ1v) is 13.7. The number of hydrogen-bond acceptors (Lipinski definition) is 2. The highest BCUT2D eigenvalue weighted by Gasteiger charge is 2.17. The van der Waals surface area contributed by atoms with E-state index in [1.54, 1.807) is 0 Å². The molecule has 0 fully saturated rings. The molecule has 0 N–H and O–H groups in total. The van der Waals surface area contributed by atoms with Crippen LogP contribution in [-0.2, 0) is 0 Å². The Morgan fingerprint density at radius 3 is 2.11 bits per heavy atom. The molecule has 0 aliphatic rings. The summed E-state index contributed by atoms with van der Waals surface area (Å²) in [6.07, 6.45) is 0. The summed E-state index contributed by atoms with van der Waals surface area (Å²) in [6, 6.07) is 46.3. The molecule has 8 rings (SSSR count). The van der Waals surface area contributed by atoms with E-state index in [9.17, 15) is 0 Å². The quantitative estimate of drug-likeness (QED) is 0.232. The van der Waals surface area contributed by atoms with Crippen LogP contribution in [0.1, 0.15) is 0 Å². The Balaban J connectivity index is 1.34. The second-order valence-electron chi connectivity index (χ2n) is 9.89. The standard InChI is InChI=1S/C35H24N2S/c1-36(26-16-19-29-28-13-7-8-14-33(28)38-34(29)22-26)25-17-20-32-31(21-25)30-18-15-23-9-5-6-12-27(23)35(30)37(32)24-10-3-2-4-11-24/h2-22H,1H3. The molecule has 0 spiro atoms. The van der Waals surface area contributed by atoms with Crippen LogP contribution in [-0.4, -0.2) is 11.6 Å². The number of fused-ring (bicyclic) bond motifs is 8. The first kappa shape index (κ1) is 21.5. The van der Waals surface area contributed by atoms with Crippen LogP contribution in [0.2, 0.25) is 0 Å². The normalized spacial score (nSPS) is 11.8. The van der Waals surface area contributed by atoms with Gasteiger partial charge in [0.2, 0.25) is 0 Å². The van der Waals surface area contributed by atoms with Crippen molar-refractivity contribution in [3.05, 3.63) is 127 Å². The lowest BCUT2D eigenvalue weighted by Crippen LogP contribution is -2.09. The molecular weight excluding hydrogens is 480 g/mol. The second-order valence-corrected chi connectivity index (χ2v) is 11.0. The number of hydrogen-bond donors (Lipinski definition) is 0. The van der Waals surface area contributed by atoms with Crippen molar-refractivity contribution in [2.24, 2.45) is 0 Å². The van der Waals surface area contributed by atoms with E-state index in [-0.39, 0.29) is 0 Å². The molecule has 0 saturated carbocycles. The molecule has 0 bridgehead atoms. The third kappa shape index (κ3) is 3.12. The largest absolute Gasteiger partial charge is 0.345 e. The zero-order chi connectivity index (χ0) is 25.2. The highest BCUT2D eigenvalue weighted by molar-refractivity contribution is 7.25. The Morgan fingerprint density at radius 2 is 1.21 bits per heavy atom. The molecule has 0 unspecified atom stereocenters. The van der Waals surface area contributed by atoms with E-state index in [0.29, 0.717) is 0 Å². The average Bonchev–Trinajstić information content (AvgIpc) is 3.52. The summed E-state index contributed by atoms with van der Waals surface area (Å²) in [5.41, 5.74) is 6.04. The fourth-order valence-corrected chi connectivity index (χ4v) is 7.03. The molecule has 2 nitrogen and oxygen atoms in total. The smallest absolute Gasteiger partial charge is 0.0619 e. The number of para-hydroxylation sites is 1. The van der Waals surface area contributed by atoms with E-state index in [2.05, 4.69) is 144 Å². The topological polar surface area (TPSA) is 8.17 Å². The minimum absolute atomic E-state index is 1.18. The zero-order valence-electron chi connectivity index (χ0n) is 20.9. The number of aromatic nitrogens is 1. The molecule has 8 aromatic rings. The molecule has 0 aliphatic heterocycles. The van der Waals surface area contributed by atoms with E-state index < -0.39 is 0 Å². The Bertz CT molecular complexity index is 2150. The number of nitrogens with zero attached hydrogens (tertiary/aromatic N) is 2. The molecule has 3 heteroatoms. The van der Waals surface area contributed by atoms with Gasteiger partial charge in [0.05, 0.1) is 11.0 Å². The maximum absolute atomic E-state index is 2.42. The van der Waals surface area contributed by atoms with E-state index in [1.807, 2.05) is 11.3 Å². The summed E-state index contributed by atoms with van der Waals surface area (Å²) in [7, 11) is 2.17. The van der Waals surface area contributed by atoms with Crippen molar-refractivity contribution >= 4 is 75.5 Å². The van der Waals surface area contributed by atoms with E-state index in [4.69, 9.17) is 0 Å². The summed E-state index contributed by atoms with van der Waals surface area (Å²) in [5.74, 6) is 0. The minimum atomic E-state index is 1.18. The van der Waals surface area contributed by atoms with Crippen LogP contribution in [0.25, 0.3) is 58.4 Å². The van der Waals surface area contributed by atoms with Crippen LogP contribution in [0.5, 0.6) is 0 Å². The van der Waals surface area contributed by atoms with E-state index in [0.717, 1.165) is 0 Å². The molecule has 2 aromatic heterocycles. The average molecular weight is 505 g/mol. The molecule has 0 saturated heterocycles. The Labute approximate surface area is 224 Å². The monoisotopic (exact) mass is 504 g/mol. The van der Waals surface area contributed by atoms with Crippen molar-refractivity contribution in [1.29, 1.82) is 0 Å². The Hall–Kier alpha value is -4.60. The number of thiophene rings is 1. The molecule has 180 valence electrons. The van der Waals surface area contributed by atoms with Gasteiger partial charge in [-0.1, -0.05) is 78.9 Å². The summed E-state index contributed by atoms with van der Waals surface area (Å²) >= 11 is 1.86. The molecule has 2 heterocycles. The van der Waals surface area contributed by atoms with Crippen molar-refractivity contribution in [1.82, 2.24) is 4.57 Å². The maximum Gasteiger partial charge on any atom is 0.0619 e. The van der Waals surface area contributed by atoms with Crippen LogP contribution in [0.15, 0.2) is 127 Å². The van der Waals surface area contributed by atoms with Gasteiger partial charge in [-0.25, -0.2) is 0 Å². The third-order valence-corrected chi connectivity index (χ3v) is 8.92. The summed E-state index contributed by atoms with van der Waals surface area (Å²) in [5, 5.41) is 7.74. The van der Waals surface area contributed by atoms with Gasteiger partial charge in [0.25, 0.3) is 0 Å². The highest BCUT2D eigenvalue weighted by atomic mass is 32.1. The Kier molecular flexibility index (Phi) is 4.64. The lowest BCUT2D eigenvalue weighted by atomic mass is 10.1. The van der Waals surface area contributed by atoms with Gasteiger partial charge in [-0.2, -0.15) is 0 Å². The van der Waals surface area contributed by atoms with Gasteiger partial charge in [0.1, 0.15) is 0 Å². The first-order chi connectivity index (χ1) is 18.8. The first-order valence-electron chi connectivity index (χ1n) is 12.9. The van der Waals surface area contributed by atoms with Gasteiger partial charge in [-0.15, -0.1) is 11.3 Å². The minimum Gasteiger partial charge on any atom is -0.345 e. The van der Waals surface area contributed by atoms with Crippen molar-refractivity contribution in [3.63, 3.8) is 0 Å². The summed E-state index contributed by atoms with van der Waals surface area (Å²) < 4.78 is 5.08. The fraction of sp³-hybridized carbons (Fsp3) is 0.0286. The highest BCUT2D eigenvalue weighted by Crippen LogP contribution is 2.40. The van der Waals surface area contributed by atoms with Gasteiger partial charge in [0, 0.05) is 60.4 Å². The third-order valence-electron chi connectivity index (χ3n) is 7.79. The SMILES string of the molecule is CN(c1ccc2c(c1)sc1ccccc12)c1ccc2c(c1)c1ccc3ccccc3c1n2-c1ccccc1. The molecule has 0 amide bonds. The molecule has 0 atom stereocenters. The summed E-state index contributed by atoms with van der Waals surface area (Å²) in [4.78, 5) is 2.30. The molecular formula is C35H24N2S.